The zero-order valence-corrected chi connectivity index (χ0v) is 49.5. The van der Waals surface area contributed by atoms with Crippen molar-refractivity contribution in [1.82, 2.24) is 9.55 Å². The van der Waals surface area contributed by atoms with Gasteiger partial charge in [0.25, 0.3) is 0 Å². The first-order valence-corrected chi connectivity index (χ1v) is 29.3. The number of hydrogen-bond acceptors (Lipinski definition) is 4. The molecule has 0 radical (unpaired) electrons. The van der Waals surface area contributed by atoms with Gasteiger partial charge in [0.05, 0.1) is 28.1 Å². The van der Waals surface area contributed by atoms with Crippen LogP contribution in [-0.2, 0) is 16.2 Å². The number of fused-ring (bicyclic) bond motifs is 4. The molecule has 414 valence electrons. The van der Waals surface area contributed by atoms with Gasteiger partial charge < -0.3 is 14.5 Å². The van der Waals surface area contributed by atoms with Crippen LogP contribution < -0.4 is 14.5 Å². The van der Waals surface area contributed by atoms with E-state index in [1.807, 2.05) is 24.3 Å². The second kappa shape index (κ2) is 21.1. The first kappa shape index (κ1) is 50.3. The number of hydrogen-bond donors (Lipinski definition) is 0. The Morgan fingerprint density at radius 2 is 0.940 bits per heavy atom. The number of aryl methyl sites for hydroxylation is 1. The van der Waals surface area contributed by atoms with Crippen molar-refractivity contribution in [1.29, 1.82) is 0 Å². The molecule has 0 N–H and O–H groups in total. The molecule has 84 heavy (non-hydrogen) atoms. The Balaban J connectivity index is 0.930. The molecule has 0 unspecified atom stereocenters. The lowest BCUT2D eigenvalue weighted by molar-refractivity contribution is 0.483. The van der Waals surface area contributed by atoms with Crippen molar-refractivity contribution in [3.8, 4) is 73.0 Å². The Morgan fingerprint density at radius 1 is 0.405 bits per heavy atom. The van der Waals surface area contributed by atoms with E-state index in [0.717, 1.165) is 89.1 Å². The summed E-state index contributed by atoms with van der Waals surface area (Å²) in [6.07, 6.45) is 1.73. The maximum absolute atomic E-state index is 8.91. The molecule has 0 aliphatic carbocycles. The number of anilines is 4. The Kier molecular flexibility index (Phi) is 12.6. The number of benzene rings is 10. The lowest BCUT2D eigenvalue weighted by Crippen LogP contribution is -2.25. The van der Waals surface area contributed by atoms with Crippen LogP contribution in [0, 0.1) is 6.85 Å². The van der Waals surface area contributed by atoms with Crippen LogP contribution in [0.3, 0.4) is 0 Å². The van der Waals surface area contributed by atoms with Crippen molar-refractivity contribution in [3.05, 3.63) is 265 Å². The number of nitrogens with zero attached hydrogens (tertiary/aromatic N) is 4. The highest BCUT2D eigenvalue weighted by Gasteiger charge is 2.32. The largest absolute Gasteiger partial charge is 0.457 e. The minimum absolute atomic E-state index is 0.0133. The van der Waals surface area contributed by atoms with E-state index in [1.54, 1.807) is 12.3 Å². The fraction of sp³-hybridized carbons (Fsp3) is 0.177. The number of ether oxygens (including phenoxy) is 1. The van der Waals surface area contributed by atoms with E-state index < -0.39 is 6.85 Å². The first-order chi connectivity index (χ1) is 41.7. The van der Waals surface area contributed by atoms with Crippen LogP contribution in [0.15, 0.2) is 243 Å². The molecule has 5 heteroatoms. The van der Waals surface area contributed by atoms with Gasteiger partial charge in [0.2, 0.25) is 0 Å². The average molecular weight is 1100 g/mol. The highest BCUT2D eigenvalue weighted by molar-refractivity contribution is 6.16. The van der Waals surface area contributed by atoms with Crippen molar-refractivity contribution < 1.29 is 8.85 Å². The van der Waals surface area contributed by atoms with Gasteiger partial charge in [-0.15, -0.1) is 0 Å². The van der Waals surface area contributed by atoms with Gasteiger partial charge >= 0.3 is 0 Å². The van der Waals surface area contributed by atoms with Gasteiger partial charge in [-0.25, -0.2) is 4.98 Å². The van der Waals surface area contributed by atoms with Gasteiger partial charge in [-0.1, -0.05) is 238 Å². The Bertz CT molecular complexity index is 4540. The summed E-state index contributed by atoms with van der Waals surface area (Å²) in [4.78, 5) is 9.99. The molecule has 0 atom stereocenters. The minimum atomic E-state index is -2.43. The van der Waals surface area contributed by atoms with Crippen molar-refractivity contribution >= 4 is 44.6 Å². The van der Waals surface area contributed by atoms with Crippen molar-refractivity contribution in [2.24, 2.45) is 0 Å². The van der Waals surface area contributed by atoms with Crippen molar-refractivity contribution in [3.63, 3.8) is 0 Å². The van der Waals surface area contributed by atoms with Crippen LogP contribution in [0.4, 0.5) is 22.7 Å². The third-order valence-corrected chi connectivity index (χ3v) is 16.7. The van der Waals surface area contributed by atoms with Crippen molar-refractivity contribution in [2.45, 2.75) is 85.4 Å². The maximum atomic E-state index is 8.91. The summed E-state index contributed by atoms with van der Waals surface area (Å²) in [6.45, 7) is 18.1. The quantitative estimate of drug-likeness (QED) is 0.137. The minimum Gasteiger partial charge on any atom is -0.457 e. The fourth-order valence-corrected chi connectivity index (χ4v) is 12.1. The summed E-state index contributed by atoms with van der Waals surface area (Å²) in [5.41, 5.74) is 20.2. The molecule has 0 spiro atoms. The number of pyridine rings is 1. The molecule has 2 aromatic heterocycles. The smallest absolute Gasteiger partial charge is 0.137 e. The average Bonchev–Trinajstić information content (AvgIpc) is 1.64. The van der Waals surface area contributed by atoms with E-state index >= 15 is 0 Å². The second-order valence-corrected chi connectivity index (χ2v) is 25.5. The van der Waals surface area contributed by atoms with Crippen LogP contribution in [0.5, 0.6) is 11.5 Å². The third-order valence-electron chi connectivity index (χ3n) is 16.7. The summed E-state index contributed by atoms with van der Waals surface area (Å²) in [6, 6.07) is 83.8. The van der Waals surface area contributed by atoms with Gasteiger partial charge in [0, 0.05) is 55.6 Å². The molecule has 10 aromatic carbocycles. The molecule has 3 heterocycles. The van der Waals surface area contributed by atoms with Gasteiger partial charge in [0.1, 0.15) is 24.0 Å². The number of rotatable bonds is 10. The lowest BCUT2D eigenvalue weighted by atomic mass is 9.85. The Labute approximate surface area is 500 Å². The molecular weight excluding hydrogens is 1020 g/mol. The second-order valence-electron chi connectivity index (χ2n) is 25.5. The highest BCUT2D eigenvalue weighted by atomic mass is 16.5. The molecule has 12 aromatic rings. The molecule has 1 aliphatic heterocycles. The summed E-state index contributed by atoms with van der Waals surface area (Å²) < 4.78 is 36.0. The molecule has 5 nitrogen and oxygen atoms in total. The zero-order valence-electron chi connectivity index (χ0n) is 52.5. The monoisotopic (exact) mass is 1100 g/mol. The van der Waals surface area contributed by atoms with Gasteiger partial charge in [-0.3, -0.25) is 4.57 Å². The Hall–Kier alpha value is -9.45. The fourth-order valence-electron chi connectivity index (χ4n) is 12.1. The molecule has 1 aliphatic rings. The van der Waals surface area contributed by atoms with E-state index in [0.29, 0.717) is 29.5 Å². The predicted molar refractivity (Wildman–Crippen MR) is 355 cm³/mol. The van der Waals surface area contributed by atoms with Crippen LogP contribution in [0.2, 0.25) is 0 Å². The normalized spacial score (nSPS) is 13.5. The topological polar surface area (TPSA) is 33.5 Å². The molecule has 13 rings (SSSR count). The molecule has 0 bridgehead atoms. The summed E-state index contributed by atoms with van der Waals surface area (Å²) in [5, 5.41) is 2.03. The summed E-state index contributed by atoms with van der Waals surface area (Å²) in [5.74, 6) is 1.80. The van der Waals surface area contributed by atoms with E-state index in [9.17, 15) is 0 Å². The van der Waals surface area contributed by atoms with Gasteiger partial charge in [0.15, 0.2) is 0 Å². The molecule has 0 saturated carbocycles. The highest BCUT2D eigenvalue weighted by Crippen LogP contribution is 2.51. The maximum Gasteiger partial charge on any atom is 0.137 e. The van der Waals surface area contributed by atoms with Gasteiger partial charge in [-0.2, -0.15) is 0 Å². The van der Waals surface area contributed by atoms with Gasteiger partial charge in [-0.05, 0) is 133 Å². The molecule has 0 fully saturated rings. The first-order valence-electron chi connectivity index (χ1n) is 30.8. The van der Waals surface area contributed by atoms with Crippen LogP contribution in [0.25, 0.3) is 83.3 Å². The Morgan fingerprint density at radius 3 is 1.58 bits per heavy atom. The number of para-hydroxylation sites is 4. The van der Waals surface area contributed by atoms with E-state index in [-0.39, 0.29) is 21.8 Å². The number of aromatic nitrogens is 2. The van der Waals surface area contributed by atoms with E-state index in [2.05, 4.69) is 283 Å². The van der Waals surface area contributed by atoms with E-state index in [1.165, 1.54) is 22.3 Å². The SMILES string of the molecule is [2H]C([2H])([2H])c1cc(-n2c3ccccc3c3c(-c4ccc(C(C)(C)C)cc4)cc(Oc4cccc(N5CN(c6c(-c7ccc(C(C)(C)C)cc7)cccc6-c6cccc(-c7ccccc7)c6)c6ccccc65)c4)cc32)ncc1-c1ccc(C(C)(C)C)cc1. The molecule has 0 amide bonds. The van der Waals surface area contributed by atoms with Crippen LogP contribution in [-0.4, -0.2) is 16.2 Å². The predicted octanol–water partition coefficient (Wildman–Crippen LogP) is 21.8. The third kappa shape index (κ3) is 10.1. The molecular formula is C79H72N4O. The summed E-state index contributed by atoms with van der Waals surface area (Å²) in [7, 11) is 0. The summed E-state index contributed by atoms with van der Waals surface area (Å²) >= 11 is 0. The lowest BCUT2D eigenvalue weighted by Gasteiger charge is -2.28. The van der Waals surface area contributed by atoms with E-state index in [4.69, 9.17) is 13.8 Å². The van der Waals surface area contributed by atoms with Crippen LogP contribution >= 0.6 is 0 Å². The van der Waals surface area contributed by atoms with Crippen molar-refractivity contribution in [2.75, 3.05) is 16.5 Å². The zero-order chi connectivity index (χ0) is 60.6. The molecule has 0 saturated heterocycles. The van der Waals surface area contributed by atoms with Crippen LogP contribution in [0.1, 0.15) is 88.7 Å². The standard InChI is InChI=1S/C79H72N4O/c1-52-45-74(80-50-69(52)56-37-43-61(44-38-56)79(8,9)10)83-70-30-15-14-27-67(70)75-68(55-35-41-60(42-36-55)78(5,6)7)48-64(49-73(75)83)84-63-26-19-25-62(47-63)81-51-82(72-32-17-16-31-71(72)81)76-65(54-33-39-59(40-34-54)77(2,3)4)28-20-29-66(76)58-24-18-23-57(46-58)53-21-12-11-13-22-53/h11-50H,51H2,1-10H3/i1D3.